The summed E-state index contributed by atoms with van der Waals surface area (Å²) in [4.78, 5) is 11.9. The molecule has 0 bridgehead atoms. The fourth-order valence-corrected chi connectivity index (χ4v) is 2.10. The van der Waals surface area contributed by atoms with Crippen molar-refractivity contribution >= 4 is 11.7 Å². The second-order valence-corrected chi connectivity index (χ2v) is 4.38. The molecule has 1 aromatic carbocycles. The van der Waals surface area contributed by atoms with Gasteiger partial charge >= 0.3 is 5.97 Å². The van der Waals surface area contributed by atoms with E-state index in [4.69, 9.17) is 10.5 Å². The molecule has 1 aliphatic rings. The maximum atomic E-state index is 11.9. The zero-order chi connectivity index (χ0) is 12.3. The molecule has 0 aromatic heterocycles. The molecule has 2 atom stereocenters. The first-order valence-electron chi connectivity index (χ1n) is 5.92. The third-order valence-electron chi connectivity index (χ3n) is 3.11. The van der Waals surface area contributed by atoms with Gasteiger partial charge in [0.1, 0.15) is 6.10 Å². The smallest absolute Gasteiger partial charge is 0.340 e. The lowest BCUT2D eigenvalue weighted by atomic mass is 9.95. The first-order valence-corrected chi connectivity index (χ1v) is 5.92. The summed E-state index contributed by atoms with van der Waals surface area (Å²) < 4.78 is 5.30. The fraction of sp³-hybridized carbons (Fsp3) is 0.462. The third-order valence-corrected chi connectivity index (χ3v) is 3.11. The number of nitrogens with two attached hydrogens (primary N) is 1. The Kier molecular flexibility index (Phi) is 3.64. The maximum Gasteiger partial charge on any atom is 0.340 e. The Bertz CT molecular complexity index is 405. The van der Waals surface area contributed by atoms with E-state index in [-0.39, 0.29) is 0 Å². The van der Waals surface area contributed by atoms with E-state index < -0.39 is 18.2 Å². The van der Waals surface area contributed by atoms with Crippen LogP contribution in [-0.4, -0.2) is 23.3 Å². The summed E-state index contributed by atoms with van der Waals surface area (Å²) in [7, 11) is 0. The molecule has 4 heteroatoms. The molecular weight excluding hydrogens is 218 g/mol. The molecule has 4 nitrogen and oxygen atoms in total. The standard InChI is InChI=1S/C13H17NO3/c14-10-6-2-1-5-9(10)13(16)17-12-8-4-3-7-11(12)15/h1-2,5-6,11-12,15H,3-4,7-8,14H2/t11-,12-/m1/s1. The number of nitrogen functional groups attached to an aromatic ring is 1. The first kappa shape index (κ1) is 11.9. The van der Waals surface area contributed by atoms with Gasteiger partial charge in [-0.15, -0.1) is 0 Å². The number of hydrogen-bond acceptors (Lipinski definition) is 4. The maximum absolute atomic E-state index is 11.9. The van der Waals surface area contributed by atoms with E-state index in [1.54, 1.807) is 24.3 Å². The zero-order valence-corrected chi connectivity index (χ0v) is 9.63. The van der Waals surface area contributed by atoms with Crippen molar-refractivity contribution in [3.63, 3.8) is 0 Å². The van der Waals surface area contributed by atoms with Crippen molar-refractivity contribution in [1.29, 1.82) is 0 Å². The summed E-state index contributed by atoms with van der Waals surface area (Å²) in [6, 6.07) is 6.80. The van der Waals surface area contributed by atoms with Crippen LogP contribution in [0.3, 0.4) is 0 Å². The first-order chi connectivity index (χ1) is 8.18. The van der Waals surface area contributed by atoms with Gasteiger partial charge in [-0.2, -0.15) is 0 Å². The van der Waals surface area contributed by atoms with E-state index in [0.717, 1.165) is 19.3 Å². The van der Waals surface area contributed by atoms with Gasteiger partial charge in [-0.1, -0.05) is 18.6 Å². The van der Waals surface area contributed by atoms with Crippen molar-refractivity contribution in [2.24, 2.45) is 0 Å². The molecule has 2 rings (SSSR count). The van der Waals surface area contributed by atoms with Crippen LogP contribution < -0.4 is 5.73 Å². The summed E-state index contributed by atoms with van der Waals surface area (Å²) >= 11 is 0. The molecule has 0 aliphatic heterocycles. The van der Waals surface area contributed by atoms with Crippen LogP contribution in [0.25, 0.3) is 0 Å². The number of esters is 1. The summed E-state index contributed by atoms with van der Waals surface area (Å²) in [5.41, 5.74) is 6.47. The number of rotatable bonds is 2. The van der Waals surface area contributed by atoms with Crippen LogP contribution in [-0.2, 0) is 4.74 Å². The van der Waals surface area contributed by atoms with Crippen LogP contribution in [0.4, 0.5) is 5.69 Å². The quantitative estimate of drug-likeness (QED) is 0.605. The summed E-state index contributed by atoms with van der Waals surface area (Å²) in [6.07, 6.45) is 2.46. The Morgan fingerprint density at radius 1 is 1.29 bits per heavy atom. The van der Waals surface area contributed by atoms with Crippen molar-refractivity contribution in [1.82, 2.24) is 0 Å². The number of para-hydroxylation sites is 1. The van der Waals surface area contributed by atoms with Gasteiger partial charge in [0.05, 0.1) is 11.7 Å². The zero-order valence-electron chi connectivity index (χ0n) is 9.63. The second-order valence-electron chi connectivity index (χ2n) is 4.38. The van der Waals surface area contributed by atoms with Gasteiger partial charge in [0.15, 0.2) is 0 Å². The van der Waals surface area contributed by atoms with E-state index >= 15 is 0 Å². The Hall–Kier alpha value is -1.55. The van der Waals surface area contributed by atoms with E-state index in [9.17, 15) is 9.90 Å². The SMILES string of the molecule is Nc1ccccc1C(=O)O[C@@H]1CCCC[C@H]1O. The predicted octanol–water partition coefficient (Wildman–Crippen LogP) is 1.73. The largest absolute Gasteiger partial charge is 0.456 e. The average Bonchev–Trinajstić information content (AvgIpc) is 2.32. The molecule has 1 saturated carbocycles. The normalized spacial score (nSPS) is 24.3. The molecule has 1 aliphatic carbocycles. The van der Waals surface area contributed by atoms with Gasteiger partial charge in [0.25, 0.3) is 0 Å². The van der Waals surface area contributed by atoms with Crippen molar-refractivity contribution < 1.29 is 14.6 Å². The van der Waals surface area contributed by atoms with Gasteiger partial charge in [-0.25, -0.2) is 4.79 Å². The number of carbonyl (C=O) groups excluding carboxylic acids is 1. The predicted molar refractivity (Wildman–Crippen MR) is 64.5 cm³/mol. The Morgan fingerprint density at radius 2 is 2.00 bits per heavy atom. The lowest BCUT2D eigenvalue weighted by Crippen LogP contribution is -2.34. The topological polar surface area (TPSA) is 72.6 Å². The molecule has 0 spiro atoms. The molecule has 0 unspecified atom stereocenters. The van der Waals surface area contributed by atoms with Crippen molar-refractivity contribution in [3.8, 4) is 0 Å². The number of benzene rings is 1. The highest BCUT2D eigenvalue weighted by atomic mass is 16.6. The summed E-state index contributed by atoms with van der Waals surface area (Å²) in [6.45, 7) is 0. The van der Waals surface area contributed by atoms with E-state index in [0.29, 0.717) is 17.7 Å². The molecule has 92 valence electrons. The molecule has 0 radical (unpaired) electrons. The molecule has 0 heterocycles. The minimum atomic E-state index is -0.544. The van der Waals surface area contributed by atoms with Crippen LogP contribution >= 0.6 is 0 Å². The number of hydrogen-bond donors (Lipinski definition) is 2. The van der Waals surface area contributed by atoms with Gasteiger partial charge in [-0.05, 0) is 31.4 Å². The third kappa shape index (κ3) is 2.77. The molecule has 17 heavy (non-hydrogen) atoms. The van der Waals surface area contributed by atoms with E-state index in [2.05, 4.69) is 0 Å². The van der Waals surface area contributed by atoms with Gasteiger partial charge < -0.3 is 15.6 Å². The second kappa shape index (κ2) is 5.19. The van der Waals surface area contributed by atoms with Crippen LogP contribution in [0.1, 0.15) is 36.0 Å². The minimum absolute atomic E-state index is 0.366. The van der Waals surface area contributed by atoms with Gasteiger partial charge in [0.2, 0.25) is 0 Å². The van der Waals surface area contributed by atoms with Crippen molar-refractivity contribution in [2.75, 3.05) is 5.73 Å². The highest BCUT2D eigenvalue weighted by Crippen LogP contribution is 2.23. The van der Waals surface area contributed by atoms with Crippen molar-refractivity contribution in [3.05, 3.63) is 29.8 Å². The van der Waals surface area contributed by atoms with Crippen LogP contribution in [0.5, 0.6) is 0 Å². The van der Waals surface area contributed by atoms with Gasteiger partial charge in [-0.3, -0.25) is 0 Å². The Balaban J connectivity index is 2.04. The monoisotopic (exact) mass is 235 g/mol. The van der Waals surface area contributed by atoms with E-state index in [1.165, 1.54) is 0 Å². The van der Waals surface area contributed by atoms with Crippen LogP contribution in [0.15, 0.2) is 24.3 Å². The molecule has 0 saturated heterocycles. The number of ether oxygens (including phenoxy) is 1. The molecule has 0 amide bonds. The molecule has 3 N–H and O–H groups in total. The van der Waals surface area contributed by atoms with E-state index in [1.807, 2.05) is 0 Å². The average molecular weight is 235 g/mol. The number of anilines is 1. The molecule has 1 fully saturated rings. The minimum Gasteiger partial charge on any atom is -0.456 e. The molecular formula is C13H17NO3. The fourth-order valence-electron chi connectivity index (χ4n) is 2.10. The summed E-state index contributed by atoms with van der Waals surface area (Å²) in [5.74, 6) is -0.450. The number of aliphatic hydroxyl groups is 1. The highest BCUT2D eigenvalue weighted by Gasteiger charge is 2.27. The van der Waals surface area contributed by atoms with Crippen LogP contribution in [0, 0.1) is 0 Å². The Morgan fingerprint density at radius 3 is 2.71 bits per heavy atom. The molecule has 1 aromatic rings. The lowest BCUT2D eigenvalue weighted by Gasteiger charge is -2.27. The van der Waals surface area contributed by atoms with Gasteiger partial charge in [0, 0.05) is 5.69 Å². The Labute approximate surface area is 100 Å². The van der Waals surface area contributed by atoms with Crippen molar-refractivity contribution in [2.45, 2.75) is 37.9 Å². The summed E-state index contributed by atoms with van der Waals surface area (Å²) in [5, 5.41) is 9.73. The number of aliphatic hydroxyl groups excluding tert-OH is 1. The lowest BCUT2D eigenvalue weighted by molar-refractivity contribution is -0.0360. The number of carbonyl (C=O) groups is 1. The van der Waals surface area contributed by atoms with Crippen LogP contribution in [0.2, 0.25) is 0 Å². The highest BCUT2D eigenvalue weighted by molar-refractivity contribution is 5.95.